The van der Waals surface area contributed by atoms with Crippen molar-refractivity contribution in [2.24, 2.45) is 5.92 Å². The van der Waals surface area contributed by atoms with Crippen LogP contribution in [0.2, 0.25) is 0 Å². The van der Waals surface area contributed by atoms with Gasteiger partial charge in [-0.15, -0.1) is 0 Å². The highest BCUT2D eigenvalue weighted by Crippen LogP contribution is 2.30. The van der Waals surface area contributed by atoms with Crippen LogP contribution < -0.4 is 4.74 Å². The summed E-state index contributed by atoms with van der Waals surface area (Å²) in [5, 5.41) is 0. The van der Waals surface area contributed by atoms with Gasteiger partial charge in [-0.3, -0.25) is 4.79 Å². The molecule has 6 nitrogen and oxygen atoms in total. The Morgan fingerprint density at radius 1 is 1.19 bits per heavy atom. The Morgan fingerprint density at radius 2 is 2.00 bits per heavy atom. The van der Waals surface area contributed by atoms with Gasteiger partial charge in [0.25, 0.3) is 5.91 Å². The average molecular weight is 435 g/mol. The number of hydrogen-bond acceptors (Lipinski definition) is 5. The fraction of sp³-hybridized carbons (Fsp3) is 0.360. The second-order valence-electron chi connectivity index (χ2n) is 8.12. The minimum Gasteiger partial charge on any atom is -0.477 e. The summed E-state index contributed by atoms with van der Waals surface area (Å²) in [7, 11) is 0. The first-order valence-electron chi connectivity index (χ1n) is 11.0. The Labute approximate surface area is 187 Å². The molecule has 7 heteroatoms. The molecule has 1 aromatic carbocycles. The van der Waals surface area contributed by atoms with E-state index in [9.17, 15) is 9.18 Å². The average Bonchev–Trinajstić information content (AvgIpc) is 2.83. The first kappa shape index (κ1) is 21.9. The van der Waals surface area contributed by atoms with Gasteiger partial charge in [-0.2, -0.15) is 0 Å². The molecule has 1 amide bonds. The second-order valence-corrected chi connectivity index (χ2v) is 8.12. The lowest BCUT2D eigenvalue weighted by molar-refractivity contribution is 0.0392. The lowest BCUT2D eigenvalue weighted by Crippen LogP contribution is -2.49. The maximum absolute atomic E-state index is 13.7. The molecule has 2 unspecified atom stereocenters. The molecule has 1 aliphatic heterocycles. The van der Waals surface area contributed by atoms with Gasteiger partial charge in [0.15, 0.2) is 5.82 Å². The van der Waals surface area contributed by atoms with Crippen LogP contribution in [0.15, 0.2) is 55.0 Å². The largest absolute Gasteiger partial charge is 0.477 e. The Morgan fingerprint density at radius 3 is 2.72 bits per heavy atom. The van der Waals surface area contributed by atoms with Crippen molar-refractivity contribution < 1.29 is 13.9 Å². The summed E-state index contributed by atoms with van der Waals surface area (Å²) in [5.74, 6) is 0.711. The quantitative estimate of drug-likeness (QED) is 0.563. The normalized spacial score (nSPS) is 18.4. The third kappa shape index (κ3) is 4.77. The highest BCUT2D eigenvalue weighted by molar-refractivity contribution is 6.00. The maximum atomic E-state index is 13.7. The van der Waals surface area contributed by atoms with Gasteiger partial charge in [0.2, 0.25) is 5.88 Å². The van der Waals surface area contributed by atoms with Crippen LogP contribution in [0.25, 0.3) is 11.4 Å². The fourth-order valence-corrected chi connectivity index (χ4v) is 4.40. The third-order valence-corrected chi connectivity index (χ3v) is 5.96. The Balaban J connectivity index is 1.56. The molecule has 32 heavy (non-hydrogen) atoms. The van der Waals surface area contributed by atoms with Gasteiger partial charge in [0.1, 0.15) is 5.82 Å². The molecule has 1 saturated heterocycles. The number of benzene rings is 1. The van der Waals surface area contributed by atoms with E-state index in [1.54, 1.807) is 18.5 Å². The van der Waals surface area contributed by atoms with E-state index in [-0.39, 0.29) is 17.9 Å². The van der Waals surface area contributed by atoms with Crippen LogP contribution >= 0.6 is 0 Å². The van der Waals surface area contributed by atoms with Gasteiger partial charge in [-0.05, 0) is 44.4 Å². The SMILES string of the molecule is CCC1C(COc2ccc(F)cn2)CCCN1C(=O)c1cc(C)ccc1-c1ncccn1. The van der Waals surface area contributed by atoms with Crippen molar-refractivity contribution in [3.05, 3.63) is 71.9 Å². The molecule has 0 N–H and O–H groups in total. The summed E-state index contributed by atoms with van der Waals surface area (Å²) in [6, 6.07) is 10.5. The summed E-state index contributed by atoms with van der Waals surface area (Å²) in [5.41, 5.74) is 2.38. The topological polar surface area (TPSA) is 68.2 Å². The highest BCUT2D eigenvalue weighted by atomic mass is 19.1. The van der Waals surface area contributed by atoms with E-state index in [1.165, 1.54) is 12.1 Å². The van der Waals surface area contributed by atoms with E-state index in [1.807, 2.05) is 30.0 Å². The fourth-order valence-electron chi connectivity index (χ4n) is 4.40. The highest BCUT2D eigenvalue weighted by Gasteiger charge is 2.35. The van der Waals surface area contributed by atoms with Gasteiger partial charge >= 0.3 is 0 Å². The standard InChI is InChI=1S/C25H27FN4O2/c1-3-22-18(16-32-23-10-8-19(26)15-29-23)6-4-13-30(22)25(31)21-14-17(2)7-9-20(21)24-27-11-5-12-28-24/h5,7-12,14-15,18,22H,3-4,6,13,16H2,1-2H3. The number of aromatic nitrogens is 3. The number of rotatable bonds is 6. The first-order valence-corrected chi connectivity index (χ1v) is 11.0. The third-order valence-electron chi connectivity index (χ3n) is 5.96. The van der Waals surface area contributed by atoms with Crippen molar-refractivity contribution in [1.82, 2.24) is 19.9 Å². The minimum absolute atomic E-state index is 0.00684. The van der Waals surface area contributed by atoms with Gasteiger partial charge in [0.05, 0.1) is 18.4 Å². The number of halogens is 1. The molecule has 0 aliphatic carbocycles. The van der Waals surface area contributed by atoms with E-state index in [0.717, 1.165) is 36.6 Å². The smallest absolute Gasteiger partial charge is 0.254 e. The molecule has 0 radical (unpaired) electrons. The number of pyridine rings is 1. The zero-order chi connectivity index (χ0) is 22.5. The molecular formula is C25H27FN4O2. The van der Waals surface area contributed by atoms with E-state index in [4.69, 9.17) is 4.74 Å². The van der Waals surface area contributed by atoms with Crippen LogP contribution in [0.4, 0.5) is 4.39 Å². The number of amides is 1. The summed E-state index contributed by atoms with van der Waals surface area (Å²) in [4.78, 5) is 28.4. The first-order chi connectivity index (χ1) is 15.6. The van der Waals surface area contributed by atoms with Crippen LogP contribution in [-0.2, 0) is 0 Å². The summed E-state index contributed by atoms with van der Waals surface area (Å²) >= 11 is 0. The lowest BCUT2D eigenvalue weighted by Gasteiger charge is -2.41. The molecule has 3 aromatic rings. The summed E-state index contributed by atoms with van der Waals surface area (Å²) in [6.07, 6.45) is 7.20. The van der Waals surface area contributed by atoms with E-state index in [0.29, 0.717) is 30.4 Å². The van der Waals surface area contributed by atoms with Crippen molar-refractivity contribution in [1.29, 1.82) is 0 Å². The van der Waals surface area contributed by atoms with Gasteiger partial charge < -0.3 is 9.64 Å². The van der Waals surface area contributed by atoms with Crippen LogP contribution in [0.5, 0.6) is 5.88 Å². The van der Waals surface area contributed by atoms with E-state index < -0.39 is 5.82 Å². The number of ether oxygens (including phenoxy) is 1. The molecule has 3 heterocycles. The monoisotopic (exact) mass is 434 g/mol. The zero-order valence-corrected chi connectivity index (χ0v) is 18.4. The number of carbonyl (C=O) groups is 1. The van der Waals surface area contributed by atoms with Crippen LogP contribution in [0.3, 0.4) is 0 Å². The molecular weight excluding hydrogens is 407 g/mol. The van der Waals surface area contributed by atoms with E-state index >= 15 is 0 Å². The van der Waals surface area contributed by atoms with Crippen molar-refractivity contribution >= 4 is 5.91 Å². The van der Waals surface area contributed by atoms with Crippen LogP contribution in [0, 0.1) is 18.7 Å². The Kier molecular flexibility index (Phi) is 6.73. The maximum Gasteiger partial charge on any atom is 0.254 e. The number of aryl methyl sites for hydroxylation is 1. The number of likely N-dealkylation sites (tertiary alicyclic amines) is 1. The predicted molar refractivity (Wildman–Crippen MR) is 120 cm³/mol. The number of nitrogens with zero attached hydrogens (tertiary/aromatic N) is 4. The molecule has 1 aliphatic rings. The molecule has 4 rings (SSSR count). The number of hydrogen-bond donors (Lipinski definition) is 0. The second kappa shape index (κ2) is 9.85. The number of carbonyl (C=O) groups excluding carboxylic acids is 1. The van der Waals surface area contributed by atoms with Gasteiger partial charge in [0, 0.05) is 42.5 Å². The van der Waals surface area contributed by atoms with Gasteiger partial charge in [-0.25, -0.2) is 19.3 Å². The molecule has 0 bridgehead atoms. The molecule has 2 atom stereocenters. The Bertz CT molecular complexity index is 1060. The Hall–Kier alpha value is -3.35. The number of piperidine rings is 1. The molecule has 1 fully saturated rings. The van der Waals surface area contributed by atoms with E-state index in [2.05, 4.69) is 21.9 Å². The predicted octanol–water partition coefficient (Wildman–Crippen LogP) is 4.70. The molecule has 2 aromatic heterocycles. The van der Waals surface area contributed by atoms with Crippen LogP contribution in [0.1, 0.15) is 42.1 Å². The van der Waals surface area contributed by atoms with Crippen molar-refractivity contribution in [3.8, 4) is 17.3 Å². The minimum atomic E-state index is -0.394. The van der Waals surface area contributed by atoms with Crippen molar-refractivity contribution in [2.45, 2.75) is 39.2 Å². The van der Waals surface area contributed by atoms with Crippen molar-refractivity contribution in [3.63, 3.8) is 0 Å². The molecule has 0 spiro atoms. The zero-order valence-electron chi connectivity index (χ0n) is 18.4. The summed E-state index contributed by atoms with van der Waals surface area (Å²) < 4.78 is 19.0. The molecule has 0 saturated carbocycles. The molecule has 166 valence electrons. The van der Waals surface area contributed by atoms with Crippen LogP contribution in [-0.4, -0.2) is 45.0 Å². The lowest BCUT2D eigenvalue weighted by atomic mass is 9.87. The summed E-state index contributed by atoms with van der Waals surface area (Å²) in [6.45, 7) is 5.21. The van der Waals surface area contributed by atoms with Gasteiger partial charge in [-0.1, -0.05) is 24.6 Å². The van der Waals surface area contributed by atoms with Crippen molar-refractivity contribution in [2.75, 3.05) is 13.2 Å².